The molecule has 6 heteroatoms. The molecule has 29 heavy (non-hydrogen) atoms. The van der Waals surface area contributed by atoms with Crippen molar-refractivity contribution in [3.63, 3.8) is 0 Å². The SMILES string of the molecule is CCOC(=O)c1c(-c2ccccc2)csc1NC(=O)CNc1ccc(C)c(C)c1. The van der Waals surface area contributed by atoms with Gasteiger partial charge in [-0.1, -0.05) is 36.4 Å². The Bertz CT molecular complexity index is 1010. The molecule has 0 saturated carbocycles. The maximum Gasteiger partial charge on any atom is 0.341 e. The number of ether oxygens (including phenoxy) is 1. The highest BCUT2D eigenvalue weighted by Gasteiger charge is 2.22. The number of benzene rings is 2. The third-order valence-electron chi connectivity index (χ3n) is 4.57. The number of thiophene rings is 1. The normalized spacial score (nSPS) is 10.4. The van der Waals surface area contributed by atoms with E-state index in [1.54, 1.807) is 6.92 Å². The Morgan fingerprint density at radius 1 is 1.03 bits per heavy atom. The average molecular weight is 409 g/mol. The molecule has 0 fully saturated rings. The molecule has 1 aromatic heterocycles. The van der Waals surface area contributed by atoms with Crippen molar-refractivity contribution in [2.45, 2.75) is 20.8 Å². The molecule has 0 bridgehead atoms. The summed E-state index contributed by atoms with van der Waals surface area (Å²) in [6.07, 6.45) is 0. The van der Waals surface area contributed by atoms with E-state index in [-0.39, 0.29) is 19.1 Å². The Morgan fingerprint density at radius 3 is 2.48 bits per heavy atom. The lowest BCUT2D eigenvalue weighted by atomic mass is 10.0. The monoisotopic (exact) mass is 408 g/mol. The lowest BCUT2D eigenvalue weighted by Crippen LogP contribution is -2.22. The number of anilines is 2. The van der Waals surface area contributed by atoms with Crippen molar-refractivity contribution in [2.75, 3.05) is 23.8 Å². The minimum atomic E-state index is -0.440. The summed E-state index contributed by atoms with van der Waals surface area (Å²) >= 11 is 1.32. The Hall–Kier alpha value is -3.12. The van der Waals surface area contributed by atoms with Crippen LogP contribution in [-0.4, -0.2) is 25.0 Å². The highest BCUT2D eigenvalue weighted by molar-refractivity contribution is 7.15. The summed E-state index contributed by atoms with van der Waals surface area (Å²) in [5, 5.41) is 8.34. The highest BCUT2D eigenvalue weighted by Crippen LogP contribution is 2.36. The van der Waals surface area contributed by atoms with E-state index in [2.05, 4.69) is 10.6 Å². The van der Waals surface area contributed by atoms with Crippen LogP contribution in [0.5, 0.6) is 0 Å². The van der Waals surface area contributed by atoms with Crippen molar-refractivity contribution in [1.29, 1.82) is 0 Å². The first-order valence-electron chi connectivity index (χ1n) is 9.44. The van der Waals surface area contributed by atoms with Crippen LogP contribution < -0.4 is 10.6 Å². The zero-order chi connectivity index (χ0) is 20.8. The zero-order valence-electron chi connectivity index (χ0n) is 16.7. The lowest BCUT2D eigenvalue weighted by Gasteiger charge is -2.11. The van der Waals surface area contributed by atoms with Crippen molar-refractivity contribution >= 4 is 33.9 Å². The molecule has 0 unspecified atom stereocenters. The van der Waals surface area contributed by atoms with E-state index in [0.717, 1.165) is 22.4 Å². The number of carbonyl (C=O) groups is 2. The van der Waals surface area contributed by atoms with Crippen LogP contribution in [0.25, 0.3) is 11.1 Å². The number of aryl methyl sites for hydroxylation is 2. The molecule has 150 valence electrons. The first-order valence-corrected chi connectivity index (χ1v) is 10.3. The molecule has 5 nitrogen and oxygen atoms in total. The summed E-state index contributed by atoms with van der Waals surface area (Å²) in [5.41, 5.74) is 5.29. The second kappa shape index (κ2) is 9.39. The van der Waals surface area contributed by atoms with Gasteiger partial charge in [0.25, 0.3) is 0 Å². The first-order chi connectivity index (χ1) is 14.0. The molecule has 1 heterocycles. The quantitative estimate of drug-likeness (QED) is 0.523. The number of carbonyl (C=O) groups excluding carboxylic acids is 2. The van der Waals surface area contributed by atoms with Crippen molar-refractivity contribution in [1.82, 2.24) is 0 Å². The van der Waals surface area contributed by atoms with Gasteiger partial charge in [0.15, 0.2) is 0 Å². The Labute approximate surface area is 174 Å². The number of esters is 1. The van der Waals surface area contributed by atoms with E-state index < -0.39 is 5.97 Å². The number of nitrogens with one attached hydrogen (secondary N) is 2. The summed E-state index contributed by atoms with van der Waals surface area (Å²) in [7, 11) is 0. The standard InChI is InChI=1S/C23H24N2O3S/c1-4-28-23(27)21-19(17-8-6-5-7-9-17)14-29-22(21)25-20(26)13-24-18-11-10-15(2)16(3)12-18/h5-12,14,24H,4,13H2,1-3H3,(H,25,26). The number of rotatable bonds is 7. The van der Waals surface area contributed by atoms with Gasteiger partial charge in [-0.15, -0.1) is 11.3 Å². The van der Waals surface area contributed by atoms with Crippen LogP contribution in [0.4, 0.5) is 10.7 Å². The summed E-state index contributed by atoms with van der Waals surface area (Å²) in [6.45, 7) is 6.21. The summed E-state index contributed by atoms with van der Waals surface area (Å²) < 4.78 is 5.23. The predicted molar refractivity (Wildman–Crippen MR) is 119 cm³/mol. The van der Waals surface area contributed by atoms with E-state index >= 15 is 0 Å². The van der Waals surface area contributed by atoms with Gasteiger partial charge in [0.1, 0.15) is 10.6 Å². The fraction of sp³-hybridized carbons (Fsp3) is 0.217. The summed E-state index contributed by atoms with van der Waals surface area (Å²) in [6, 6.07) is 15.6. The van der Waals surface area contributed by atoms with Gasteiger partial charge in [-0.05, 0) is 49.6 Å². The van der Waals surface area contributed by atoms with Crippen LogP contribution >= 0.6 is 11.3 Å². The van der Waals surface area contributed by atoms with Gasteiger partial charge in [0.2, 0.25) is 5.91 Å². The topological polar surface area (TPSA) is 67.4 Å². The number of hydrogen-bond donors (Lipinski definition) is 2. The third-order valence-corrected chi connectivity index (χ3v) is 5.46. The molecule has 0 radical (unpaired) electrons. The van der Waals surface area contributed by atoms with E-state index in [4.69, 9.17) is 4.74 Å². The zero-order valence-corrected chi connectivity index (χ0v) is 17.6. The molecule has 0 aliphatic heterocycles. The van der Waals surface area contributed by atoms with Gasteiger partial charge in [-0.2, -0.15) is 0 Å². The van der Waals surface area contributed by atoms with Crippen LogP contribution in [0, 0.1) is 13.8 Å². The fourth-order valence-corrected chi connectivity index (χ4v) is 3.86. The van der Waals surface area contributed by atoms with Crippen molar-refractivity contribution in [2.24, 2.45) is 0 Å². The minimum absolute atomic E-state index is 0.101. The maximum absolute atomic E-state index is 12.6. The third kappa shape index (κ3) is 5.03. The molecule has 0 atom stereocenters. The molecule has 2 aromatic carbocycles. The van der Waals surface area contributed by atoms with Gasteiger partial charge in [0.05, 0.1) is 13.2 Å². The van der Waals surface area contributed by atoms with Crippen molar-refractivity contribution in [3.8, 4) is 11.1 Å². The maximum atomic E-state index is 12.6. The predicted octanol–water partition coefficient (Wildman–Crippen LogP) is 5.26. The number of amides is 1. The van der Waals surface area contributed by atoms with Crippen molar-refractivity contribution in [3.05, 3.63) is 70.6 Å². The van der Waals surface area contributed by atoms with Crippen LogP contribution in [0.3, 0.4) is 0 Å². The van der Waals surface area contributed by atoms with Gasteiger partial charge in [0, 0.05) is 16.6 Å². The smallest absolute Gasteiger partial charge is 0.341 e. The van der Waals surface area contributed by atoms with E-state index in [1.807, 2.05) is 67.8 Å². The largest absolute Gasteiger partial charge is 0.462 e. The van der Waals surface area contributed by atoms with E-state index in [0.29, 0.717) is 10.6 Å². The van der Waals surface area contributed by atoms with Gasteiger partial charge >= 0.3 is 5.97 Å². The average Bonchev–Trinajstić information content (AvgIpc) is 3.13. The minimum Gasteiger partial charge on any atom is -0.462 e. The molecular weight excluding hydrogens is 384 g/mol. The van der Waals surface area contributed by atoms with E-state index in [1.165, 1.54) is 16.9 Å². The second-order valence-corrected chi connectivity index (χ2v) is 7.52. The van der Waals surface area contributed by atoms with Crippen LogP contribution in [0.15, 0.2) is 53.9 Å². The molecule has 2 N–H and O–H groups in total. The molecule has 0 spiro atoms. The first kappa shape index (κ1) is 20.6. The Morgan fingerprint density at radius 2 is 1.79 bits per heavy atom. The van der Waals surface area contributed by atoms with Crippen LogP contribution in [0.1, 0.15) is 28.4 Å². The number of hydrogen-bond acceptors (Lipinski definition) is 5. The molecule has 3 rings (SSSR count). The van der Waals surface area contributed by atoms with Gasteiger partial charge < -0.3 is 15.4 Å². The lowest BCUT2D eigenvalue weighted by molar-refractivity contribution is -0.114. The molecule has 0 aliphatic rings. The summed E-state index contributed by atoms with van der Waals surface area (Å²) in [4.78, 5) is 25.1. The summed E-state index contributed by atoms with van der Waals surface area (Å²) in [5.74, 6) is -0.666. The van der Waals surface area contributed by atoms with Gasteiger partial charge in [-0.3, -0.25) is 4.79 Å². The second-order valence-electron chi connectivity index (χ2n) is 6.64. The Balaban J connectivity index is 1.77. The van der Waals surface area contributed by atoms with Gasteiger partial charge in [-0.25, -0.2) is 4.79 Å². The Kier molecular flexibility index (Phi) is 6.67. The molecule has 0 saturated heterocycles. The highest BCUT2D eigenvalue weighted by atomic mass is 32.1. The van der Waals surface area contributed by atoms with E-state index in [9.17, 15) is 9.59 Å². The molecular formula is C23H24N2O3S. The van der Waals surface area contributed by atoms with Crippen LogP contribution in [0.2, 0.25) is 0 Å². The van der Waals surface area contributed by atoms with Crippen LogP contribution in [-0.2, 0) is 9.53 Å². The fourth-order valence-electron chi connectivity index (χ4n) is 2.89. The molecule has 0 aliphatic carbocycles. The van der Waals surface area contributed by atoms with Crippen molar-refractivity contribution < 1.29 is 14.3 Å². The molecule has 3 aromatic rings. The molecule has 1 amide bonds.